The van der Waals surface area contributed by atoms with E-state index in [0.717, 1.165) is 34.7 Å². The normalized spacial score (nSPS) is 12.4. The van der Waals surface area contributed by atoms with E-state index in [-0.39, 0.29) is 11.9 Å². The van der Waals surface area contributed by atoms with Crippen LogP contribution < -0.4 is 5.32 Å². The van der Waals surface area contributed by atoms with Gasteiger partial charge in [-0.2, -0.15) is 0 Å². The molecular weight excluding hydrogens is 273 g/mol. The van der Waals surface area contributed by atoms with E-state index in [9.17, 15) is 4.39 Å². The molecule has 0 spiro atoms. The summed E-state index contributed by atoms with van der Waals surface area (Å²) in [5.41, 5.74) is 3.25. The Morgan fingerprint density at radius 3 is 2.35 bits per heavy atom. The summed E-state index contributed by atoms with van der Waals surface area (Å²) in [5.74, 6) is -0.213. The molecule has 0 aromatic heterocycles. The monoisotopic (exact) mass is 291 g/mol. The van der Waals surface area contributed by atoms with Crippen molar-refractivity contribution in [2.75, 3.05) is 6.54 Å². The second-order valence-electron chi connectivity index (χ2n) is 4.95. The van der Waals surface area contributed by atoms with Gasteiger partial charge in [-0.3, -0.25) is 0 Å². The molecule has 1 unspecified atom stereocenters. The Balaban J connectivity index is 2.35. The van der Waals surface area contributed by atoms with Crippen molar-refractivity contribution in [3.05, 3.63) is 70.0 Å². The van der Waals surface area contributed by atoms with Gasteiger partial charge in [-0.15, -0.1) is 0 Å². The first-order valence-electron chi connectivity index (χ1n) is 6.86. The molecule has 1 nitrogen and oxygen atoms in total. The van der Waals surface area contributed by atoms with Gasteiger partial charge in [0.05, 0.1) is 6.04 Å². The van der Waals surface area contributed by atoms with Crippen LogP contribution >= 0.6 is 11.6 Å². The number of hydrogen-bond donors (Lipinski definition) is 1. The lowest BCUT2D eigenvalue weighted by atomic mass is 9.97. The molecule has 0 aliphatic carbocycles. The molecule has 0 amide bonds. The SMILES string of the molecule is CCCNC(c1ccc(F)cc1)c1ccc(Cl)c(C)c1. The third-order valence-electron chi connectivity index (χ3n) is 3.32. The second kappa shape index (κ2) is 6.87. The maximum atomic E-state index is 13.1. The van der Waals surface area contributed by atoms with Gasteiger partial charge in [0, 0.05) is 5.02 Å². The minimum Gasteiger partial charge on any atom is -0.306 e. The van der Waals surface area contributed by atoms with Crippen LogP contribution in [0.2, 0.25) is 5.02 Å². The fourth-order valence-electron chi connectivity index (χ4n) is 2.22. The predicted octanol–water partition coefficient (Wildman–Crippen LogP) is 4.88. The van der Waals surface area contributed by atoms with E-state index in [1.54, 1.807) is 0 Å². The van der Waals surface area contributed by atoms with Crippen LogP contribution in [0.15, 0.2) is 42.5 Å². The largest absolute Gasteiger partial charge is 0.306 e. The number of halogens is 2. The standard InChI is InChI=1S/C17H19ClFN/c1-3-10-20-17(13-4-7-15(19)8-5-13)14-6-9-16(18)12(2)11-14/h4-9,11,17,20H,3,10H2,1-2H3. The zero-order valence-corrected chi connectivity index (χ0v) is 12.5. The van der Waals surface area contributed by atoms with Gasteiger partial charge in [0.25, 0.3) is 0 Å². The number of hydrogen-bond acceptors (Lipinski definition) is 1. The lowest BCUT2D eigenvalue weighted by Crippen LogP contribution is -2.23. The first-order valence-corrected chi connectivity index (χ1v) is 7.24. The summed E-state index contributed by atoms with van der Waals surface area (Å²) in [7, 11) is 0. The van der Waals surface area contributed by atoms with Crippen molar-refractivity contribution in [2.24, 2.45) is 0 Å². The average molecular weight is 292 g/mol. The highest BCUT2D eigenvalue weighted by Crippen LogP contribution is 2.26. The number of aryl methyl sites for hydroxylation is 1. The van der Waals surface area contributed by atoms with Crippen LogP contribution in [0, 0.1) is 12.7 Å². The molecule has 1 N–H and O–H groups in total. The lowest BCUT2D eigenvalue weighted by Gasteiger charge is -2.20. The lowest BCUT2D eigenvalue weighted by molar-refractivity contribution is 0.593. The summed E-state index contributed by atoms with van der Waals surface area (Å²) in [4.78, 5) is 0. The topological polar surface area (TPSA) is 12.0 Å². The summed E-state index contributed by atoms with van der Waals surface area (Å²) in [6, 6.07) is 12.7. The van der Waals surface area contributed by atoms with Crippen molar-refractivity contribution in [3.63, 3.8) is 0 Å². The van der Waals surface area contributed by atoms with Crippen LogP contribution in [-0.4, -0.2) is 6.54 Å². The highest BCUT2D eigenvalue weighted by molar-refractivity contribution is 6.31. The molecule has 20 heavy (non-hydrogen) atoms. The highest BCUT2D eigenvalue weighted by atomic mass is 35.5. The minimum absolute atomic E-state index is 0.0616. The summed E-state index contributed by atoms with van der Waals surface area (Å²) in [6.07, 6.45) is 1.05. The quantitative estimate of drug-likeness (QED) is 0.828. The Hall–Kier alpha value is -1.38. The second-order valence-corrected chi connectivity index (χ2v) is 5.35. The van der Waals surface area contributed by atoms with Crippen molar-refractivity contribution in [1.29, 1.82) is 0 Å². The maximum Gasteiger partial charge on any atom is 0.123 e. The van der Waals surface area contributed by atoms with E-state index in [1.165, 1.54) is 12.1 Å². The van der Waals surface area contributed by atoms with Crippen molar-refractivity contribution >= 4 is 11.6 Å². The van der Waals surface area contributed by atoms with E-state index in [4.69, 9.17) is 11.6 Å². The minimum atomic E-state index is -0.213. The van der Waals surface area contributed by atoms with Crippen LogP contribution in [-0.2, 0) is 0 Å². The Morgan fingerprint density at radius 1 is 1.10 bits per heavy atom. The van der Waals surface area contributed by atoms with Gasteiger partial charge < -0.3 is 5.32 Å². The average Bonchev–Trinajstić information content (AvgIpc) is 2.45. The molecule has 2 aromatic rings. The van der Waals surface area contributed by atoms with Crippen LogP contribution in [0.3, 0.4) is 0 Å². The fourth-order valence-corrected chi connectivity index (χ4v) is 2.34. The van der Waals surface area contributed by atoms with Crippen molar-refractivity contribution in [2.45, 2.75) is 26.3 Å². The van der Waals surface area contributed by atoms with Crippen molar-refractivity contribution in [3.8, 4) is 0 Å². The molecule has 2 aromatic carbocycles. The molecule has 0 fully saturated rings. The van der Waals surface area contributed by atoms with E-state index in [2.05, 4.69) is 18.3 Å². The van der Waals surface area contributed by atoms with E-state index in [1.807, 2.05) is 31.2 Å². The molecule has 106 valence electrons. The molecule has 3 heteroatoms. The summed E-state index contributed by atoms with van der Waals surface area (Å²) in [6.45, 7) is 5.03. The van der Waals surface area contributed by atoms with Gasteiger partial charge in [-0.1, -0.05) is 42.8 Å². The highest BCUT2D eigenvalue weighted by Gasteiger charge is 2.14. The van der Waals surface area contributed by atoms with E-state index >= 15 is 0 Å². The number of rotatable bonds is 5. The van der Waals surface area contributed by atoms with Crippen LogP contribution in [0.4, 0.5) is 4.39 Å². The molecule has 0 radical (unpaired) electrons. The Bertz CT molecular complexity index is 566. The Morgan fingerprint density at radius 2 is 1.75 bits per heavy atom. The maximum absolute atomic E-state index is 13.1. The molecule has 0 aliphatic heterocycles. The first kappa shape index (κ1) is 15.0. The molecule has 0 saturated carbocycles. The smallest absolute Gasteiger partial charge is 0.123 e. The first-order chi connectivity index (χ1) is 9.61. The van der Waals surface area contributed by atoms with Gasteiger partial charge in [-0.05, 0) is 54.8 Å². The van der Waals surface area contributed by atoms with E-state index in [0.29, 0.717) is 0 Å². The molecule has 0 bridgehead atoms. The predicted molar refractivity (Wildman–Crippen MR) is 82.7 cm³/mol. The Kier molecular flexibility index (Phi) is 5.16. The zero-order valence-electron chi connectivity index (χ0n) is 11.8. The van der Waals surface area contributed by atoms with Gasteiger partial charge >= 0.3 is 0 Å². The van der Waals surface area contributed by atoms with Gasteiger partial charge in [-0.25, -0.2) is 4.39 Å². The molecule has 2 rings (SSSR count). The van der Waals surface area contributed by atoms with Gasteiger partial charge in [0.2, 0.25) is 0 Å². The Labute approximate surface area is 124 Å². The molecular formula is C17H19ClFN. The van der Waals surface area contributed by atoms with Crippen LogP contribution in [0.25, 0.3) is 0 Å². The fraction of sp³-hybridized carbons (Fsp3) is 0.294. The van der Waals surface area contributed by atoms with Crippen molar-refractivity contribution in [1.82, 2.24) is 5.32 Å². The van der Waals surface area contributed by atoms with E-state index < -0.39 is 0 Å². The third-order valence-corrected chi connectivity index (χ3v) is 3.74. The molecule has 0 heterocycles. The zero-order chi connectivity index (χ0) is 14.5. The van der Waals surface area contributed by atoms with Gasteiger partial charge in [0.1, 0.15) is 5.82 Å². The number of nitrogens with one attached hydrogen (secondary N) is 1. The molecule has 0 aliphatic rings. The van der Waals surface area contributed by atoms with Crippen LogP contribution in [0.1, 0.15) is 36.1 Å². The summed E-state index contributed by atoms with van der Waals surface area (Å²) < 4.78 is 13.1. The summed E-state index contributed by atoms with van der Waals surface area (Å²) in [5, 5.41) is 4.27. The molecule has 1 atom stereocenters. The number of benzene rings is 2. The van der Waals surface area contributed by atoms with Crippen LogP contribution in [0.5, 0.6) is 0 Å². The van der Waals surface area contributed by atoms with Gasteiger partial charge in [0.15, 0.2) is 0 Å². The van der Waals surface area contributed by atoms with Crippen molar-refractivity contribution < 1.29 is 4.39 Å². The third kappa shape index (κ3) is 3.59. The summed E-state index contributed by atoms with van der Waals surface area (Å²) >= 11 is 6.09. The molecule has 0 saturated heterocycles.